The Morgan fingerprint density at radius 3 is 1.15 bits per heavy atom. The van der Waals surface area contributed by atoms with Crippen LogP contribution in [-0.2, 0) is 30.1 Å². The zero-order valence-corrected chi connectivity index (χ0v) is 57.2. The van der Waals surface area contributed by atoms with Gasteiger partial charge in [-0.05, 0) is 134 Å². The number of hydrogen-bond donors (Lipinski definition) is 2. The second-order valence-electron chi connectivity index (χ2n) is 26.0. The molecule has 506 valence electrons. The molecule has 0 fully saturated rings. The van der Waals surface area contributed by atoms with Crippen molar-refractivity contribution in [1.82, 2.24) is 11.9 Å². The lowest BCUT2D eigenvalue weighted by Gasteiger charge is -2.21. The summed E-state index contributed by atoms with van der Waals surface area (Å²) in [5, 5.41) is 26.8. The van der Waals surface area contributed by atoms with Gasteiger partial charge in [0.05, 0.1) is 59.6 Å². The molecule has 0 aliphatic heterocycles. The Hall–Kier alpha value is -13.3. The summed E-state index contributed by atoms with van der Waals surface area (Å²) in [4.78, 5) is 85.9. The van der Waals surface area contributed by atoms with E-state index in [4.69, 9.17) is 0 Å². The number of ketones is 6. The van der Waals surface area contributed by atoms with E-state index in [-0.39, 0.29) is 115 Å². The number of aromatic nitrogens is 3. The maximum absolute atomic E-state index is 15.7. The van der Waals surface area contributed by atoms with Crippen molar-refractivity contribution in [2.24, 2.45) is 0 Å². The Morgan fingerprint density at radius 2 is 0.610 bits per heavy atom. The Morgan fingerprint density at radius 1 is 0.257 bits per heavy atom. The predicted molar refractivity (Wildman–Crippen MR) is 398 cm³/mol. The van der Waals surface area contributed by atoms with Crippen molar-refractivity contribution in [3.63, 3.8) is 0 Å². The molecule has 3 aliphatic carbocycles. The highest BCUT2D eigenvalue weighted by Gasteiger charge is 2.44. The SMILES string of the molecule is Cc1cccc2cc3c(cc12)-c1c(c(-c2ccccc2)cn1S(=O)(=O)c1cccc(-c2ccc(-c4cn(S(=O)(=O)c5cccc(-c6ccc(-c7cn(S(=O)(=O)c8ccccc8)c8c7C(=O)C(=O)c7c-8cc8ccccc8c7O)cc6)c5)c5c4C(=O)C(=O)c4cc6ccccc6c(O)c4-5)cc2)c1)C(=O)C3=O. The number of phenols is 2. The first-order valence-electron chi connectivity index (χ1n) is 33.0. The van der Waals surface area contributed by atoms with Gasteiger partial charge in [0.1, 0.15) is 11.5 Å². The van der Waals surface area contributed by atoms with Gasteiger partial charge in [0.2, 0.25) is 34.7 Å². The third-order valence-corrected chi connectivity index (χ3v) is 25.2. The number of aromatic hydroxyl groups is 2. The fourth-order valence-corrected chi connectivity index (χ4v) is 19.3. The zero-order chi connectivity index (χ0) is 72.4. The van der Waals surface area contributed by atoms with Gasteiger partial charge >= 0.3 is 0 Å². The molecule has 0 unspecified atom stereocenters. The predicted octanol–water partition coefficient (Wildman–Crippen LogP) is 16.5. The van der Waals surface area contributed by atoms with Crippen LogP contribution in [0.5, 0.6) is 11.5 Å². The van der Waals surface area contributed by atoms with Crippen LogP contribution in [0.1, 0.15) is 67.7 Å². The number of carbonyl (C=O) groups excluding carboxylic acids is 6. The molecule has 3 heterocycles. The number of aryl methyl sites for hydroxylation is 1. The van der Waals surface area contributed by atoms with E-state index >= 15 is 16.8 Å². The van der Waals surface area contributed by atoms with Gasteiger partial charge in [0.25, 0.3) is 30.1 Å². The van der Waals surface area contributed by atoms with Crippen molar-refractivity contribution in [2.75, 3.05) is 0 Å². The molecule has 3 aromatic heterocycles. The minimum atomic E-state index is -4.85. The number of carbonyl (C=O) groups is 6. The summed E-state index contributed by atoms with van der Waals surface area (Å²) in [6, 6.07) is 66.4. The highest BCUT2D eigenvalue weighted by molar-refractivity contribution is 7.90. The van der Waals surface area contributed by atoms with E-state index in [0.717, 1.165) is 22.9 Å². The minimum absolute atomic E-state index is 0.00375. The first-order chi connectivity index (χ1) is 50.6. The average molecular weight is 1430 g/mol. The fourth-order valence-electron chi connectivity index (χ4n) is 15.1. The quantitative estimate of drug-likeness (QED) is 0.114. The lowest BCUT2D eigenvalue weighted by atomic mass is 9.83. The Bertz CT molecular complexity index is 6890. The van der Waals surface area contributed by atoms with Crippen molar-refractivity contribution in [3.8, 4) is 101 Å². The summed E-state index contributed by atoms with van der Waals surface area (Å²) in [5.74, 6) is -6.68. The molecule has 0 saturated carbocycles. The molecule has 20 heteroatoms. The summed E-state index contributed by atoms with van der Waals surface area (Å²) in [5.41, 5.74) is 2.64. The van der Waals surface area contributed by atoms with Gasteiger partial charge in [-0.25, -0.2) is 37.2 Å². The van der Waals surface area contributed by atoms with Crippen LogP contribution in [0.25, 0.3) is 122 Å². The summed E-state index contributed by atoms with van der Waals surface area (Å²) >= 11 is 0. The van der Waals surface area contributed by atoms with Gasteiger partial charge in [-0.15, -0.1) is 0 Å². The molecule has 3 aliphatic rings. The van der Waals surface area contributed by atoms with Crippen molar-refractivity contribution >= 4 is 97.1 Å². The summed E-state index contributed by atoms with van der Waals surface area (Å²) in [6.45, 7) is 1.90. The van der Waals surface area contributed by atoms with E-state index in [1.807, 2.05) is 25.1 Å². The fraction of sp³-hybridized carbons (Fsp3) is 0.0118. The van der Waals surface area contributed by atoms with Gasteiger partial charge < -0.3 is 10.2 Å². The molecule has 17 nitrogen and oxygen atoms in total. The molecule has 18 rings (SSSR count). The van der Waals surface area contributed by atoms with Crippen molar-refractivity contribution in [2.45, 2.75) is 21.6 Å². The van der Waals surface area contributed by atoms with Gasteiger partial charge in [0, 0.05) is 68.3 Å². The molecular weight excluding hydrogens is 1380 g/mol. The third-order valence-electron chi connectivity index (χ3n) is 20.2. The maximum atomic E-state index is 15.7. The Balaban J connectivity index is 0.727. The van der Waals surface area contributed by atoms with Crippen LogP contribution in [0.3, 0.4) is 0 Å². The first kappa shape index (κ1) is 63.9. The highest BCUT2D eigenvalue weighted by atomic mass is 32.2. The average Bonchev–Trinajstić information content (AvgIpc) is 1.61. The lowest BCUT2D eigenvalue weighted by Crippen LogP contribution is -2.24. The van der Waals surface area contributed by atoms with E-state index in [1.54, 1.807) is 182 Å². The molecule has 0 spiro atoms. The molecule has 12 aromatic carbocycles. The molecule has 15 aromatic rings. The number of benzene rings is 12. The summed E-state index contributed by atoms with van der Waals surface area (Å²) in [6.07, 6.45) is 3.86. The molecule has 2 N–H and O–H groups in total. The van der Waals surface area contributed by atoms with Crippen LogP contribution in [0, 0.1) is 6.92 Å². The molecule has 0 amide bonds. The first-order valence-corrected chi connectivity index (χ1v) is 37.3. The van der Waals surface area contributed by atoms with Crippen LogP contribution < -0.4 is 0 Å². The van der Waals surface area contributed by atoms with Gasteiger partial charge in [-0.1, -0.05) is 188 Å². The third kappa shape index (κ3) is 9.46. The van der Waals surface area contributed by atoms with E-state index in [9.17, 15) is 47.4 Å². The van der Waals surface area contributed by atoms with Gasteiger partial charge in [0.15, 0.2) is 0 Å². The van der Waals surface area contributed by atoms with Gasteiger partial charge in [-0.2, -0.15) is 0 Å². The van der Waals surface area contributed by atoms with Crippen LogP contribution in [0.2, 0.25) is 0 Å². The van der Waals surface area contributed by atoms with E-state index in [1.165, 1.54) is 67.1 Å². The van der Waals surface area contributed by atoms with Crippen molar-refractivity contribution in [1.29, 1.82) is 0 Å². The van der Waals surface area contributed by atoms with Crippen LogP contribution >= 0.6 is 0 Å². The number of Topliss-reactive ketones (excluding diaryl/α,β-unsaturated/α-hetero) is 6. The largest absolute Gasteiger partial charge is 0.507 e. The maximum Gasteiger partial charge on any atom is 0.268 e. The molecular formula is C85H49N3O14S3. The second-order valence-corrected chi connectivity index (χ2v) is 31.4. The monoisotopic (exact) mass is 1430 g/mol. The van der Waals surface area contributed by atoms with Crippen LogP contribution in [0.4, 0.5) is 0 Å². The topological polar surface area (TPSA) is 260 Å². The number of phenolic OH excluding ortho intramolecular Hbond substituents is 2. The smallest absolute Gasteiger partial charge is 0.268 e. The number of rotatable bonds is 11. The van der Waals surface area contributed by atoms with Crippen molar-refractivity contribution in [3.05, 3.63) is 306 Å². The van der Waals surface area contributed by atoms with E-state index in [2.05, 4.69) is 0 Å². The van der Waals surface area contributed by atoms with Crippen LogP contribution in [0.15, 0.2) is 282 Å². The van der Waals surface area contributed by atoms with E-state index in [0.29, 0.717) is 49.5 Å². The Kier molecular flexibility index (Phi) is 14.1. The normalized spacial score (nSPS) is 13.4. The summed E-state index contributed by atoms with van der Waals surface area (Å²) < 4.78 is 94.6. The minimum Gasteiger partial charge on any atom is -0.507 e. The van der Waals surface area contributed by atoms with Crippen LogP contribution in [-0.4, -0.2) is 82.1 Å². The molecule has 0 atom stereocenters. The van der Waals surface area contributed by atoms with Gasteiger partial charge in [-0.3, -0.25) is 28.8 Å². The number of nitrogens with zero attached hydrogens (tertiary/aromatic N) is 3. The molecule has 105 heavy (non-hydrogen) atoms. The number of hydrogen-bond acceptors (Lipinski definition) is 14. The lowest BCUT2D eigenvalue weighted by molar-refractivity contribution is 0.0814. The number of fused-ring (bicyclic) bond motifs is 12. The second kappa shape index (κ2) is 23.1. The van der Waals surface area contributed by atoms with E-state index < -0.39 is 76.3 Å². The molecule has 0 bridgehead atoms. The van der Waals surface area contributed by atoms with Crippen molar-refractivity contribution < 1.29 is 64.2 Å². The molecule has 0 radical (unpaired) electrons. The molecule has 0 saturated heterocycles. The Labute approximate surface area is 598 Å². The highest BCUT2D eigenvalue weighted by Crippen LogP contribution is 2.51. The summed E-state index contributed by atoms with van der Waals surface area (Å²) in [7, 11) is -13.9. The zero-order valence-electron chi connectivity index (χ0n) is 54.8. The standard InChI is InChI=1S/C85H49N3O14S3/c1-46-15-12-22-56-39-64-63(42-62(46)56)75-71(82(93)80(64)91)67(49-16-4-2-5-17-49)43-86(75)104(99,100)58-25-13-20-52(37-58)48-31-35-51(36-32-48)69-45-88(77-70-66(81(92)83(94)73(69)77)41-55-19-9-10-27-60(55)78(70)89)105(101,102)59-26-14-21-53(38-59)47-29-33-50(34-30-47)68-44-87(103(97,98)57-23-6-3-7-24-57)76-65-40-54-18-8-11-28-61(54)79(90)74(65)85(96)84(95)72(68)76/h2-45,89-90H,1H3.